The molecule has 2 N–H and O–H groups in total. The molecule has 0 unspecified atom stereocenters. The summed E-state index contributed by atoms with van der Waals surface area (Å²) in [6.07, 6.45) is 2.49. The number of hydrogen-bond acceptors (Lipinski definition) is 4. The zero-order chi connectivity index (χ0) is 17.1. The molecule has 0 saturated heterocycles. The van der Waals surface area contributed by atoms with Gasteiger partial charge < -0.3 is 10.3 Å². The normalized spacial score (nSPS) is 10.5. The Labute approximate surface area is 136 Å². The maximum atomic E-state index is 13.2. The first-order valence-corrected chi connectivity index (χ1v) is 7.26. The molecule has 0 fully saturated rings. The molecule has 0 aliphatic carbocycles. The van der Waals surface area contributed by atoms with E-state index in [9.17, 15) is 14.5 Å². The lowest BCUT2D eigenvalue weighted by molar-refractivity contribution is -0.384. The number of fused-ring (bicyclic) bond motifs is 1. The van der Waals surface area contributed by atoms with Crippen LogP contribution >= 0.6 is 0 Å². The van der Waals surface area contributed by atoms with Gasteiger partial charge in [-0.25, -0.2) is 4.39 Å². The number of aromatic amines is 1. The summed E-state index contributed by atoms with van der Waals surface area (Å²) in [6, 6.07) is 10.7. The highest BCUT2D eigenvalue weighted by atomic mass is 19.1. The Morgan fingerprint density at radius 1 is 1.29 bits per heavy atom. The summed E-state index contributed by atoms with van der Waals surface area (Å²) < 4.78 is 13.2. The Morgan fingerprint density at radius 3 is 2.88 bits per heavy atom. The van der Waals surface area contributed by atoms with E-state index in [4.69, 9.17) is 5.26 Å². The van der Waals surface area contributed by atoms with E-state index >= 15 is 0 Å². The van der Waals surface area contributed by atoms with Crippen molar-refractivity contribution in [2.24, 2.45) is 0 Å². The first kappa shape index (κ1) is 15.5. The number of hydrogen-bond donors (Lipinski definition) is 2. The van der Waals surface area contributed by atoms with E-state index in [-0.39, 0.29) is 17.1 Å². The predicted molar refractivity (Wildman–Crippen MR) is 88.3 cm³/mol. The van der Waals surface area contributed by atoms with Crippen molar-refractivity contribution >= 4 is 22.3 Å². The molecule has 0 bridgehead atoms. The number of rotatable bonds is 5. The number of non-ortho nitro benzene ring substituents is 1. The zero-order valence-electron chi connectivity index (χ0n) is 12.5. The van der Waals surface area contributed by atoms with Crippen molar-refractivity contribution in [1.82, 2.24) is 4.98 Å². The number of nitrogens with one attached hydrogen (secondary N) is 2. The minimum Gasteiger partial charge on any atom is -0.384 e. The lowest BCUT2D eigenvalue weighted by atomic mass is 10.1. The summed E-state index contributed by atoms with van der Waals surface area (Å²) in [7, 11) is 0. The van der Waals surface area contributed by atoms with Crippen molar-refractivity contribution in [3.05, 3.63) is 69.7 Å². The Bertz CT molecular complexity index is 959. The molecule has 1 aromatic heterocycles. The number of nitro groups is 1. The van der Waals surface area contributed by atoms with Crippen LogP contribution in [0.4, 0.5) is 15.8 Å². The van der Waals surface area contributed by atoms with E-state index in [1.165, 1.54) is 30.3 Å². The molecule has 1 heterocycles. The van der Waals surface area contributed by atoms with Crippen LogP contribution in [0.1, 0.15) is 11.1 Å². The van der Waals surface area contributed by atoms with Crippen LogP contribution in [-0.2, 0) is 6.42 Å². The number of H-pyrrole nitrogens is 1. The van der Waals surface area contributed by atoms with E-state index < -0.39 is 4.92 Å². The van der Waals surface area contributed by atoms with Gasteiger partial charge in [0.1, 0.15) is 11.9 Å². The minimum absolute atomic E-state index is 0.115. The third kappa shape index (κ3) is 3.03. The van der Waals surface area contributed by atoms with Gasteiger partial charge in [0.05, 0.1) is 16.2 Å². The van der Waals surface area contributed by atoms with E-state index in [0.717, 1.165) is 16.5 Å². The molecule has 3 aromatic rings. The molecule has 0 spiro atoms. The number of nitrogens with zero attached hydrogens (tertiary/aromatic N) is 2. The zero-order valence-corrected chi connectivity index (χ0v) is 12.5. The van der Waals surface area contributed by atoms with Crippen LogP contribution in [0.5, 0.6) is 0 Å². The second kappa shape index (κ2) is 6.38. The third-order valence-electron chi connectivity index (χ3n) is 3.77. The number of anilines is 1. The molecule has 0 aliphatic heterocycles. The standard InChI is InChI=1S/C17H13FN4O2/c18-13-1-3-15-11(10-21-17(15)8-13)5-6-20-16-4-2-14(22(23)24)7-12(16)9-19/h1-4,7-8,10,20-21H,5-6H2. The van der Waals surface area contributed by atoms with Crippen LogP contribution in [0, 0.1) is 27.3 Å². The molecule has 2 aromatic carbocycles. The molecule has 7 heteroatoms. The Kier molecular flexibility index (Phi) is 4.12. The van der Waals surface area contributed by atoms with Crippen molar-refractivity contribution in [2.45, 2.75) is 6.42 Å². The van der Waals surface area contributed by atoms with Crippen LogP contribution in [0.15, 0.2) is 42.6 Å². The molecule has 0 aliphatic rings. The predicted octanol–water partition coefficient (Wildman–Crippen LogP) is 3.74. The highest BCUT2D eigenvalue weighted by molar-refractivity contribution is 5.83. The second-order valence-corrected chi connectivity index (χ2v) is 5.28. The Hall–Kier alpha value is -3.40. The lowest BCUT2D eigenvalue weighted by Crippen LogP contribution is -2.06. The van der Waals surface area contributed by atoms with Crippen LogP contribution in [0.3, 0.4) is 0 Å². The van der Waals surface area contributed by atoms with Crippen LogP contribution in [0.2, 0.25) is 0 Å². The molecule has 6 nitrogen and oxygen atoms in total. The maximum absolute atomic E-state index is 13.2. The van der Waals surface area contributed by atoms with Gasteiger partial charge in [-0.1, -0.05) is 0 Å². The third-order valence-corrected chi connectivity index (χ3v) is 3.77. The first-order valence-electron chi connectivity index (χ1n) is 7.26. The molecule has 0 radical (unpaired) electrons. The summed E-state index contributed by atoms with van der Waals surface area (Å²) in [5.41, 5.74) is 2.42. The molecule has 0 amide bonds. The van der Waals surface area contributed by atoms with Gasteiger partial charge in [0.25, 0.3) is 5.69 Å². The van der Waals surface area contributed by atoms with Crippen molar-refractivity contribution in [3.63, 3.8) is 0 Å². The van der Waals surface area contributed by atoms with Gasteiger partial charge in [-0.15, -0.1) is 0 Å². The number of halogens is 1. The smallest absolute Gasteiger partial charge is 0.270 e. The molecule has 0 atom stereocenters. The lowest BCUT2D eigenvalue weighted by Gasteiger charge is -2.07. The first-order chi connectivity index (χ1) is 11.6. The van der Waals surface area contributed by atoms with Gasteiger partial charge in [0.2, 0.25) is 0 Å². The highest BCUT2D eigenvalue weighted by Crippen LogP contribution is 2.23. The molecular formula is C17H13FN4O2. The van der Waals surface area contributed by atoms with Gasteiger partial charge in [-0.2, -0.15) is 5.26 Å². The SMILES string of the molecule is N#Cc1cc([N+](=O)[O-])ccc1NCCc1c[nH]c2cc(F)ccc12. The number of benzene rings is 2. The van der Waals surface area contributed by atoms with E-state index in [1.54, 1.807) is 6.07 Å². The number of aromatic nitrogens is 1. The van der Waals surface area contributed by atoms with Crippen LogP contribution in [0.25, 0.3) is 10.9 Å². The van der Waals surface area contributed by atoms with Crippen molar-refractivity contribution in [1.29, 1.82) is 5.26 Å². The fraction of sp³-hybridized carbons (Fsp3) is 0.118. The molecule has 120 valence electrons. The summed E-state index contributed by atoms with van der Waals surface area (Å²) in [4.78, 5) is 13.2. The van der Waals surface area contributed by atoms with Crippen molar-refractivity contribution in [2.75, 3.05) is 11.9 Å². The van der Waals surface area contributed by atoms with Crippen LogP contribution < -0.4 is 5.32 Å². The maximum Gasteiger partial charge on any atom is 0.270 e. The molecule has 0 saturated carbocycles. The average Bonchev–Trinajstić information content (AvgIpc) is 2.97. The molecular weight excluding hydrogens is 311 g/mol. The molecule has 24 heavy (non-hydrogen) atoms. The van der Waals surface area contributed by atoms with E-state index in [2.05, 4.69) is 10.3 Å². The summed E-state index contributed by atoms with van der Waals surface area (Å²) in [5, 5.41) is 23.9. The number of nitro benzene ring substituents is 1. The number of nitriles is 1. The fourth-order valence-electron chi connectivity index (χ4n) is 2.59. The van der Waals surface area contributed by atoms with Crippen molar-refractivity contribution in [3.8, 4) is 6.07 Å². The fourth-order valence-corrected chi connectivity index (χ4v) is 2.59. The van der Waals surface area contributed by atoms with Gasteiger partial charge in [-0.05, 0) is 36.2 Å². The quantitative estimate of drug-likeness (QED) is 0.552. The van der Waals surface area contributed by atoms with Gasteiger partial charge >= 0.3 is 0 Å². The van der Waals surface area contributed by atoms with Gasteiger partial charge in [0, 0.05) is 35.8 Å². The Balaban J connectivity index is 1.72. The van der Waals surface area contributed by atoms with Crippen LogP contribution in [-0.4, -0.2) is 16.5 Å². The summed E-state index contributed by atoms with van der Waals surface area (Å²) in [5.74, 6) is -0.293. The van der Waals surface area contributed by atoms with E-state index in [1.807, 2.05) is 12.3 Å². The van der Waals surface area contributed by atoms with Gasteiger partial charge in [0.15, 0.2) is 0 Å². The Morgan fingerprint density at radius 2 is 2.12 bits per heavy atom. The van der Waals surface area contributed by atoms with Crippen molar-refractivity contribution < 1.29 is 9.31 Å². The molecule has 3 rings (SSSR count). The minimum atomic E-state index is -0.532. The average molecular weight is 324 g/mol. The summed E-state index contributed by atoms with van der Waals surface area (Å²) >= 11 is 0. The van der Waals surface area contributed by atoms with E-state index in [0.29, 0.717) is 18.7 Å². The monoisotopic (exact) mass is 324 g/mol. The topological polar surface area (TPSA) is 94.8 Å². The highest BCUT2D eigenvalue weighted by Gasteiger charge is 2.11. The van der Waals surface area contributed by atoms with Gasteiger partial charge in [-0.3, -0.25) is 10.1 Å². The largest absolute Gasteiger partial charge is 0.384 e. The second-order valence-electron chi connectivity index (χ2n) is 5.28. The summed E-state index contributed by atoms with van der Waals surface area (Å²) in [6.45, 7) is 0.539.